The van der Waals surface area contributed by atoms with Crippen LogP contribution in [0, 0.1) is 0 Å². The molecule has 0 saturated carbocycles. The molecule has 0 bridgehead atoms. The summed E-state index contributed by atoms with van der Waals surface area (Å²) < 4.78 is 67.7. The maximum atomic E-state index is 12.5. The summed E-state index contributed by atoms with van der Waals surface area (Å²) in [5.74, 6) is -3.07. The minimum Gasteiger partial charge on any atom is -0.404 e. The molecule has 0 aliphatic rings. The van der Waals surface area contributed by atoms with Crippen molar-refractivity contribution >= 4 is 38.9 Å². The molecule has 29 heavy (non-hydrogen) atoms. The lowest BCUT2D eigenvalue weighted by Gasteiger charge is -2.19. The molecule has 9 nitrogen and oxygen atoms in total. The summed E-state index contributed by atoms with van der Waals surface area (Å²) in [7, 11) is -4.71. The van der Waals surface area contributed by atoms with Gasteiger partial charge in [0.25, 0.3) is 21.8 Å². The number of nitrogens with zero attached hydrogens (tertiary/aromatic N) is 1. The van der Waals surface area contributed by atoms with Crippen molar-refractivity contribution in [1.82, 2.24) is 9.71 Å². The lowest BCUT2D eigenvalue weighted by molar-refractivity contribution is -0.274. The van der Waals surface area contributed by atoms with Crippen LogP contribution in [0.4, 0.5) is 18.9 Å². The van der Waals surface area contributed by atoms with Crippen LogP contribution in [0.25, 0.3) is 0 Å². The van der Waals surface area contributed by atoms with Gasteiger partial charge in [-0.1, -0.05) is 0 Å². The quantitative estimate of drug-likeness (QED) is 0.608. The Kier molecular flexibility index (Phi) is 6.20. The number of carbonyl (C=O) groups excluding carboxylic acids is 2. The predicted octanol–water partition coefficient (Wildman–Crippen LogP) is 1.87. The van der Waals surface area contributed by atoms with Crippen LogP contribution >= 0.6 is 11.3 Å². The van der Waals surface area contributed by atoms with Gasteiger partial charge in [-0.05, 0) is 25.3 Å². The number of sulfonamides is 1. The first-order valence-corrected chi connectivity index (χ1v) is 10.0. The van der Waals surface area contributed by atoms with Crippen LogP contribution in [0.3, 0.4) is 0 Å². The predicted molar refractivity (Wildman–Crippen MR) is 94.8 cm³/mol. The smallest absolute Gasteiger partial charge is 0.404 e. The third-order valence-corrected chi connectivity index (χ3v) is 5.10. The number of hydrogen-bond donors (Lipinski definition) is 3. The minimum absolute atomic E-state index is 0.0256. The van der Waals surface area contributed by atoms with Crippen molar-refractivity contribution in [3.05, 3.63) is 34.7 Å². The van der Waals surface area contributed by atoms with Crippen molar-refractivity contribution in [3.63, 3.8) is 0 Å². The summed E-state index contributed by atoms with van der Waals surface area (Å²) in [4.78, 5) is 27.4. The molecule has 0 fully saturated rings. The van der Waals surface area contributed by atoms with E-state index in [1.807, 2.05) is 5.32 Å². The monoisotopic (exact) mass is 453 g/mol. The van der Waals surface area contributed by atoms with Gasteiger partial charge < -0.3 is 15.2 Å². The van der Waals surface area contributed by atoms with E-state index in [0.29, 0.717) is 12.3 Å². The number of amides is 2. The van der Waals surface area contributed by atoms with Crippen LogP contribution in [0.15, 0.2) is 34.1 Å². The second-order valence-electron chi connectivity index (χ2n) is 6.03. The van der Waals surface area contributed by atoms with E-state index in [-0.39, 0.29) is 5.56 Å². The van der Waals surface area contributed by atoms with Gasteiger partial charge in [-0.3, -0.25) is 9.59 Å². The van der Waals surface area contributed by atoms with Gasteiger partial charge in [0.1, 0.15) is 11.4 Å². The molecule has 0 atom stereocenters. The van der Waals surface area contributed by atoms with E-state index in [2.05, 4.69) is 9.72 Å². The van der Waals surface area contributed by atoms with Gasteiger partial charge in [0.2, 0.25) is 0 Å². The van der Waals surface area contributed by atoms with E-state index >= 15 is 0 Å². The Morgan fingerprint density at radius 1 is 1.28 bits per heavy atom. The molecule has 0 saturated heterocycles. The number of rotatable bonds is 6. The summed E-state index contributed by atoms with van der Waals surface area (Å²) in [6, 6.07) is 1.90. The Hall–Kier alpha value is -2.71. The Labute approximate surface area is 166 Å². The van der Waals surface area contributed by atoms with Crippen LogP contribution < -0.4 is 14.8 Å². The fourth-order valence-corrected chi connectivity index (χ4v) is 3.51. The highest BCUT2D eigenvalue weighted by molar-refractivity contribution is 7.90. The topological polar surface area (TPSA) is 135 Å². The molecule has 2 heterocycles. The van der Waals surface area contributed by atoms with E-state index in [1.54, 1.807) is 4.72 Å². The van der Waals surface area contributed by atoms with Gasteiger partial charge in [0, 0.05) is 11.4 Å². The molecule has 2 rings (SSSR count). The average molecular weight is 453 g/mol. The zero-order valence-corrected chi connectivity index (χ0v) is 16.4. The van der Waals surface area contributed by atoms with Crippen LogP contribution in [0.1, 0.15) is 24.2 Å². The molecule has 14 heteroatoms. The molecule has 158 valence electrons. The van der Waals surface area contributed by atoms with Crippen LogP contribution in [-0.2, 0) is 14.8 Å². The van der Waals surface area contributed by atoms with Gasteiger partial charge >= 0.3 is 6.36 Å². The highest BCUT2D eigenvalue weighted by Gasteiger charge is 2.33. The molecular weight excluding hydrogens is 439 g/mol. The zero-order chi connectivity index (χ0) is 22.0. The standard InChI is InChI=1S/C15H14F3N3O6S2/c1-14(2,24)13(23)20-10-5-9(27-15(16,17)18)6-19-12(10)29(25,26)21-11(22)8-3-4-28-7-8/h3-7,24H,1-2H3,(H,20,23)(H,21,22). The van der Waals surface area contributed by atoms with Gasteiger partial charge in [0.05, 0.1) is 17.4 Å². The number of nitrogens with one attached hydrogen (secondary N) is 2. The van der Waals surface area contributed by atoms with Gasteiger partial charge in [0.15, 0.2) is 5.03 Å². The first-order valence-electron chi connectivity index (χ1n) is 7.58. The third-order valence-electron chi connectivity index (χ3n) is 3.13. The summed E-state index contributed by atoms with van der Waals surface area (Å²) in [5.41, 5.74) is -2.70. The van der Waals surface area contributed by atoms with Gasteiger partial charge in [-0.15, -0.1) is 13.2 Å². The third kappa shape index (κ3) is 6.13. The Morgan fingerprint density at radius 3 is 2.45 bits per heavy atom. The second-order valence-corrected chi connectivity index (χ2v) is 8.41. The number of aromatic nitrogens is 1. The number of ether oxygens (including phenoxy) is 1. The van der Waals surface area contributed by atoms with Crippen molar-refractivity contribution in [2.24, 2.45) is 0 Å². The molecular formula is C15H14F3N3O6S2. The molecule has 0 aliphatic carbocycles. The number of aliphatic hydroxyl groups is 1. The van der Waals surface area contributed by atoms with Crippen molar-refractivity contribution in [1.29, 1.82) is 0 Å². The van der Waals surface area contributed by atoms with Gasteiger partial charge in [-0.25, -0.2) is 9.71 Å². The number of halogens is 3. The van der Waals surface area contributed by atoms with E-state index in [0.717, 1.165) is 25.2 Å². The molecule has 0 aromatic carbocycles. The summed E-state index contributed by atoms with van der Waals surface area (Å²) in [6.45, 7) is 2.14. The Balaban J connectivity index is 2.45. The van der Waals surface area contributed by atoms with Crippen molar-refractivity contribution < 1.29 is 41.0 Å². The largest absolute Gasteiger partial charge is 0.573 e. The maximum Gasteiger partial charge on any atom is 0.573 e. The zero-order valence-electron chi connectivity index (χ0n) is 14.8. The minimum atomic E-state index is -5.10. The van der Waals surface area contributed by atoms with Crippen molar-refractivity contribution in [2.75, 3.05) is 5.32 Å². The lowest BCUT2D eigenvalue weighted by Crippen LogP contribution is -2.38. The first-order chi connectivity index (χ1) is 13.2. The van der Waals surface area contributed by atoms with Crippen LogP contribution in [0.2, 0.25) is 0 Å². The molecule has 0 unspecified atom stereocenters. The molecule has 2 aromatic rings. The molecule has 2 amide bonds. The van der Waals surface area contributed by atoms with E-state index < -0.39 is 50.3 Å². The summed E-state index contributed by atoms with van der Waals surface area (Å²) in [6.07, 6.45) is -4.65. The van der Waals surface area contributed by atoms with E-state index in [4.69, 9.17) is 0 Å². The molecule has 0 aliphatic heterocycles. The molecule has 0 radical (unpaired) electrons. The van der Waals surface area contributed by atoms with E-state index in [9.17, 15) is 36.3 Å². The van der Waals surface area contributed by atoms with Gasteiger partial charge in [-0.2, -0.15) is 19.8 Å². The normalized spacial score (nSPS) is 12.3. The van der Waals surface area contributed by atoms with Crippen LogP contribution in [0.5, 0.6) is 5.75 Å². The molecule has 0 spiro atoms. The maximum absolute atomic E-state index is 12.5. The Morgan fingerprint density at radius 2 is 1.93 bits per heavy atom. The van der Waals surface area contributed by atoms with E-state index in [1.165, 1.54) is 16.8 Å². The van der Waals surface area contributed by atoms with Crippen molar-refractivity contribution in [3.8, 4) is 5.75 Å². The highest BCUT2D eigenvalue weighted by atomic mass is 32.2. The number of thiophene rings is 1. The number of hydrogen-bond acceptors (Lipinski definition) is 8. The lowest BCUT2D eigenvalue weighted by atomic mass is 10.1. The highest BCUT2D eigenvalue weighted by Crippen LogP contribution is 2.29. The first kappa shape index (κ1) is 22.6. The average Bonchev–Trinajstić information content (AvgIpc) is 3.06. The number of pyridine rings is 1. The summed E-state index contributed by atoms with van der Waals surface area (Å²) in [5, 5.41) is 13.6. The second kappa shape index (κ2) is 7.96. The summed E-state index contributed by atoms with van der Waals surface area (Å²) >= 11 is 1.13. The molecule has 2 aromatic heterocycles. The fourth-order valence-electron chi connectivity index (χ4n) is 1.82. The number of anilines is 1. The fraction of sp³-hybridized carbons (Fsp3) is 0.267. The van der Waals surface area contributed by atoms with Crippen molar-refractivity contribution in [2.45, 2.75) is 30.8 Å². The number of alkyl halides is 3. The molecule has 3 N–H and O–H groups in total. The Bertz CT molecular complexity index is 1010. The number of carbonyl (C=O) groups is 2. The van der Waals surface area contributed by atoms with Crippen LogP contribution in [-0.4, -0.2) is 42.3 Å². The SMILES string of the molecule is CC(C)(O)C(=O)Nc1cc(OC(F)(F)F)cnc1S(=O)(=O)NC(=O)c1ccsc1.